The van der Waals surface area contributed by atoms with Gasteiger partial charge in [0, 0.05) is 36.8 Å². The zero-order valence-corrected chi connectivity index (χ0v) is 14.1. The molecule has 0 unspecified atom stereocenters. The van der Waals surface area contributed by atoms with Gasteiger partial charge in [-0.2, -0.15) is 0 Å². The fourth-order valence-electron chi connectivity index (χ4n) is 3.32. The van der Waals surface area contributed by atoms with Gasteiger partial charge in [-0.1, -0.05) is 23.7 Å². The molecule has 126 valence electrons. The lowest BCUT2D eigenvalue weighted by molar-refractivity contribution is -0.126. The first kappa shape index (κ1) is 16.7. The first-order valence-corrected chi connectivity index (χ1v) is 8.51. The molecule has 2 aliphatic heterocycles. The predicted molar refractivity (Wildman–Crippen MR) is 88.5 cm³/mol. The largest absolute Gasteiger partial charge is 0.372 e. The van der Waals surface area contributed by atoms with Crippen LogP contribution in [0, 0.1) is 0 Å². The minimum Gasteiger partial charge on any atom is -0.372 e. The van der Waals surface area contributed by atoms with Crippen molar-refractivity contribution in [2.75, 3.05) is 32.9 Å². The predicted octanol–water partition coefficient (Wildman–Crippen LogP) is 2.01. The number of ether oxygens (including phenoxy) is 2. The second kappa shape index (κ2) is 7.62. The van der Waals surface area contributed by atoms with Crippen molar-refractivity contribution in [3.8, 4) is 0 Å². The summed E-state index contributed by atoms with van der Waals surface area (Å²) in [7, 11) is 0. The van der Waals surface area contributed by atoms with E-state index in [1.807, 2.05) is 31.2 Å². The van der Waals surface area contributed by atoms with Gasteiger partial charge >= 0.3 is 0 Å². The zero-order chi connectivity index (χ0) is 16.2. The van der Waals surface area contributed by atoms with Crippen LogP contribution in [0.4, 0.5) is 0 Å². The van der Waals surface area contributed by atoms with Gasteiger partial charge in [0.2, 0.25) is 5.91 Å². The highest BCUT2D eigenvalue weighted by Crippen LogP contribution is 2.30. The number of amides is 1. The van der Waals surface area contributed by atoms with Gasteiger partial charge in [0.05, 0.1) is 12.7 Å². The standard InChI is InChI=1S/C17H23ClN2O3/c1-2-22-11-17(21)19-14-7-15-10-23-16(9-20(15)8-14)12-3-5-13(18)6-4-12/h3-6,14-16H,2,7-11H2,1H3,(H,19,21)/t14-,15+,16-/m1/s1. The molecule has 0 bridgehead atoms. The number of rotatable bonds is 5. The van der Waals surface area contributed by atoms with Crippen LogP contribution in [0.2, 0.25) is 5.02 Å². The van der Waals surface area contributed by atoms with E-state index in [1.54, 1.807) is 0 Å². The monoisotopic (exact) mass is 338 g/mol. The number of carbonyl (C=O) groups excluding carboxylic acids is 1. The molecule has 1 amide bonds. The summed E-state index contributed by atoms with van der Waals surface area (Å²) in [6.07, 6.45) is 1.01. The molecule has 5 nitrogen and oxygen atoms in total. The van der Waals surface area contributed by atoms with E-state index < -0.39 is 0 Å². The molecule has 3 rings (SSSR count). The zero-order valence-electron chi connectivity index (χ0n) is 13.3. The van der Waals surface area contributed by atoms with Crippen molar-refractivity contribution in [3.05, 3.63) is 34.9 Å². The summed E-state index contributed by atoms with van der Waals surface area (Å²) in [6, 6.07) is 8.40. The van der Waals surface area contributed by atoms with Crippen LogP contribution < -0.4 is 5.32 Å². The van der Waals surface area contributed by atoms with Crippen LogP contribution in [0.3, 0.4) is 0 Å². The van der Waals surface area contributed by atoms with E-state index >= 15 is 0 Å². The number of hydrogen-bond acceptors (Lipinski definition) is 4. The van der Waals surface area contributed by atoms with Crippen molar-refractivity contribution in [2.24, 2.45) is 0 Å². The molecule has 2 aliphatic rings. The van der Waals surface area contributed by atoms with E-state index in [2.05, 4.69) is 10.2 Å². The maximum absolute atomic E-state index is 11.8. The molecule has 0 saturated carbocycles. The number of halogens is 1. The van der Waals surface area contributed by atoms with Crippen LogP contribution in [0.5, 0.6) is 0 Å². The second-order valence-corrected chi connectivity index (χ2v) is 6.55. The molecular formula is C17H23ClN2O3. The molecule has 3 atom stereocenters. The Hall–Kier alpha value is -1.14. The Balaban J connectivity index is 1.53. The third-order valence-electron chi connectivity index (χ3n) is 4.46. The van der Waals surface area contributed by atoms with Crippen molar-refractivity contribution < 1.29 is 14.3 Å². The maximum Gasteiger partial charge on any atom is 0.246 e. The number of morpholine rings is 1. The van der Waals surface area contributed by atoms with Crippen molar-refractivity contribution in [1.29, 1.82) is 0 Å². The summed E-state index contributed by atoms with van der Waals surface area (Å²) >= 11 is 5.94. The first-order valence-electron chi connectivity index (χ1n) is 8.14. The Morgan fingerprint density at radius 2 is 2.17 bits per heavy atom. The fourth-order valence-corrected chi connectivity index (χ4v) is 3.45. The van der Waals surface area contributed by atoms with E-state index in [0.29, 0.717) is 19.3 Å². The Bertz CT molecular complexity index is 537. The third kappa shape index (κ3) is 4.23. The third-order valence-corrected chi connectivity index (χ3v) is 4.71. The van der Waals surface area contributed by atoms with Crippen LogP contribution >= 0.6 is 11.6 Å². The van der Waals surface area contributed by atoms with Gasteiger partial charge in [0.1, 0.15) is 6.61 Å². The van der Waals surface area contributed by atoms with Gasteiger partial charge in [0.25, 0.3) is 0 Å². The molecule has 23 heavy (non-hydrogen) atoms. The molecule has 2 heterocycles. The minimum atomic E-state index is -0.0353. The summed E-state index contributed by atoms with van der Waals surface area (Å²) < 4.78 is 11.2. The molecular weight excluding hydrogens is 316 g/mol. The second-order valence-electron chi connectivity index (χ2n) is 6.12. The van der Waals surface area contributed by atoms with Gasteiger partial charge in [-0.3, -0.25) is 9.69 Å². The highest BCUT2D eigenvalue weighted by Gasteiger charge is 2.38. The van der Waals surface area contributed by atoms with Crippen LogP contribution in [0.25, 0.3) is 0 Å². The Labute approximate surface area is 141 Å². The molecule has 1 aromatic rings. The number of benzene rings is 1. The fraction of sp³-hybridized carbons (Fsp3) is 0.588. The number of fused-ring (bicyclic) bond motifs is 1. The molecule has 1 N–H and O–H groups in total. The summed E-state index contributed by atoms with van der Waals surface area (Å²) in [5.74, 6) is -0.0353. The van der Waals surface area contributed by atoms with E-state index in [9.17, 15) is 4.79 Å². The molecule has 1 aromatic carbocycles. The van der Waals surface area contributed by atoms with Gasteiger partial charge in [-0.25, -0.2) is 0 Å². The van der Waals surface area contributed by atoms with Crippen molar-refractivity contribution in [2.45, 2.75) is 31.5 Å². The summed E-state index contributed by atoms with van der Waals surface area (Å²) in [5.41, 5.74) is 1.15. The normalized spacial score (nSPS) is 27.7. The topological polar surface area (TPSA) is 50.8 Å². The van der Waals surface area contributed by atoms with Crippen molar-refractivity contribution in [3.63, 3.8) is 0 Å². The Kier molecular flexibility index (Phi) is 5.54. The quantitative estimate of drug-likeness (QED) is 0.892. The van der Waals surface area contributed by atoms with Crippen molar-refractivity contribution >= 4 is 17.5 Å². The highest BCUT2D eigenvalue weighted by atomic mass is 35.5. The Morgan fingerprint density at radius 3 is 2.91 bits per heavy atom. The van der Waals surface area contributed by atoms with Gasteiger partial charge in [-0.15, -0.1) is 0 Å². The van der Waals surface area contributed by atoms with Crippen molar-refractivity contribution in [1.82, 2.24) is 10.2 Å². The average molecular weight is 339 g/mol. The van der Waals surface area contributed by atoms with E-state index in [-0.39, 0.29) is 24.7 Å². The average Bonchev–Trinajstić information content (AvgIpc) is 2.94. The van der Waals surface area contributed by atoms with Crippen LogP contribution in [-0.2, 0) is 14.3 Å². The Morgan fingerprint density at radius 1 is 1.39 bits per heavy atom. The van der Waals surface area contributed by atoms with E-state index in [0.717, 1.165) is 30.1 Å². The number of nitrogens with one attached hydrogen (secondary N) is 1. The number of nitrogens with zero attached hydrogens (tertiary/aromatic N) is 1. The molecule has 2 saturated heterocycles. The molecule has 0 radical (unpaired) electrons. The first-order chi connectivity index (χ1) is 11.2. The van der Waals surface area contributed by atoms with Crippen LogP contribution in [0.1, 0.15) is 25.0 Å². The summed E-state index contributed by atoms with van der Waals surface area (Å²) in [5, 5.41) is 3.79. The molecule has 6 heteroatoms. The summed E-state index contributed by atoms with van der Waals surface area (Å²) in [4.78, 5) is 14.2. The minimum absolute atomic E-state index is 0.0353. The van der Waals surface area contributed by atoms with Gasteiger partial charge in [0.15, 0.2) is 0 Å². The van der Waals surface area contributed by atoms with E-state index in [4.69, 9.17) is 21.1 Å². The molecule has 0 spiro atoms. The van der Waals surface area contributed by atoms with Gasteiger partial charge in [-0.05, 0) is 31.0 Å². The van der Waals surface area contributed by atoms with Crippen LogP contribution in [-0.4, -0.2) is 55.8 Å². The van der Waals surface area contributed by atoms with Crippen LogP contribution in [0.15, 0.2) is 24.3 Å². The molecule has 2 fully saturated rings. The SMILES string of the molecule is CCOCC(=O)N[C@@H]1C[C@H]2CO[C@@H](c3ccc(Cl)cc3)CN2C1. The maximum atomic E-state index is 11.8. The van der Waals surface area contributed by atoms with Gasteiger partial charge < -0.3 is 14.8 Å². The lowest BCUT2D eigenvalue weighted by Gasteiger charge is -2.35. The lowest BCUT2D eigenvalue weighted by Crippen LogP contribution is -2.43. The lowest BCUT2D eigenvalue weighted by atomic mass is 10.1. The smallest absolute Gasteiger partial charge is 0.246 e. The number of hydrogen-bond donors (Lipinski definition) is 1. The number of carbonyl (C=O) groups is 1. The van der Waals surface area contributed by atoms with E-state index in [1.165, 1.54) is 0 Å². The molecule has 0 aromatic heterocycles. The highest BCUT2D eigenvalue weighted by molar-refractivity contribution is 6.30. The summed E-state index contributed by atoms with van der Waals surface area (Å²) in [6.45, 7) is 5.01. The molecule has 0 aliphatic carbocycles.